The molecular weight excluding hydrogens is 386 g/mol. The van der Waals surface area contributed by atoms with Crippen LogP contribution in [-0.2, 0) is 0 Å². The summed E-state index contributed by atoms with van der Waals surface area (Å²) in [5, 5.41) is 0. The molecule has 0 heterocycles. The number of nitrogens with two attached hydrogens (primary N) is 1. The SMILES string of the molecule is CCCCCCCCCCCCCCCCCC(CCCC)C(N)(CCCC)CCCC. The highest BCUT2D eigenvalue weighted by Gasteiger charge is 2.32. The lowest BCUT2D eigenvalue weighted by Gasteiger charge is -2.39. The Hall–Kier alpha value is -0.0400. The molecule has 0 aromatic rings. The summed E-state index contributed by atoms with van der Waals surface area (Å²) in [6.45, 7) is 9.27. The lowest BCUT2D eigenvalue weighted by atomic mass is 9.72. The highest BCUT2D eigenvalue weighted by atomic mass is 14.8. The number of hydrogen-bond donors (Lipinski definition) is 1. The maximum Gasteiger partial charge on any atom is 0.0182 e. The van der Waals surface area contributed by atoms with Gasteiger partial charge in [-0.3, -0.25) is 0 Å². The summed E-state index contributed by atoms with van der Waals surface area (Å²) in [5.41, 5.74) is 7.22. The molecule has 0 aromatic heterocycles. The first-order chi connectivity index (χ1) is 15.6. The zero-order chi connectivity index (χ0) is 23.8. The van der Waals surface area contributed by atoms with Gasteiger partial charge in [0.1, 0.15) is 0 Å². The van der Waals surface area contributed by atoms with Gasteiger partial charge in [-0.2, -0.15) is 0 Å². The molecular formula is C31H65N. The molecule has 1 nitrogen and oxygen atoms in total. The molecule has 0 aliphatic rings. The van der Waals surface area contributed by atoms with Crippen molar-refractivity contribution < 1.29 is 0 Å². The van der Waals surface area contributed by atoms with Crippen LogP contribution in [0.25, 0.3) is 0 Å². The van der Waals surface area contributed by atoms with Crippen molar-refractivity contribution in [2.75, 3.05) is 0 Å². The van der Waals surface area contributed by atoms with Gasteiger partial charge in [0.25, 0.3) is 0 Å². The van der Waals surface area contributed by atoms with E-state index < -0.39 is 0 Å². The van der Waals surface area contributed by atoms with Gasteiger partial charge in [0.2, 0.25) is 0 Å². The van der Waals surface area contributed by atoms with E-state index in [1.165, 1.54) is 161 Å². The van der Waals surface area contributed by atoms with E-state index in [0.717, 1.165) is 5.92 Å². The molecule has 0 rings (SSSR count). The molecule has 0 fully saturated rings. The van der Waals surface area contributed by atoms with Crippen LogP contribution in [-0.4, -0.2) is 5.54 Å². The van der Waals surface area contributed by atoms with Crippen LogP contribution in [0.3, 0.4) is 0 Å². The molecule has 0 aliphatic carbocycles. The summed E-state index contributed by atoms with van der Waals surface area (Å²) in [7, 11) is 0. The second-order valence-corrected chi connectivity index (χ2v) is 11.0. The zero-order valence-corrected chi connectivity index (χ0v) is 23.3. The number of unbranched alkanes of at least 4 members (excludes halogenated alkanes) is 17. The third kappa shape index (κ3) is 18.4. The molecule has 0 spiro atoms. The van der Waals surface area contributed by atoms with Gasteiger partial charge in [0.15, 0.2) is 0 Å². The van der Waals surface area contributed by atoms with Crippen LogP contribution >= 0.6 is 0 Å². The summed E-state index contributed by atoms with van der Waals surface area (Å²) < 4.78 is 0. The van der Waals surface area contributed by atoms with E-state index in [2.05, 4.69) is 27.7 Å². The van der Waals surface area contributed by atoms with E-state index in [1.54, 1.807) is 0 Å². The van der Waals surface area contributed by atoms with Crippen LogP contribution in [0.15, 0.2) is 0 Å². The van der Waals surface area contributed by atoms with Crippen molar-refractivity contribution in [1.29, 1.82) is 0 Å². The Kier molecular flexibility index (Phi) is 24.1. The smallest absolute Gasteiger partial charge is 0.0182 e. The predicted molar refractivity (Wildman–Crippen MR) is 149 cm³/mol. The fraction of sp³-hybridized carbons (Fsp3) is 1.00. The fourth-order valence-corrected chi connectivity index (χ4v) is 5.48. The third-order valence-electron chi connectivity index (χ3n) is 7.87. The largest absolute Gasteiger partial charge is 0.325 e. The molecule has 0 radical (unpaired) electrons. The van der Waals surface area contributed by atoms with Gasteiger partial charge in [-0.1, -0.05) is 163 Å². The Balaban J connectivity index is 3.91. The van der Waals surface area contributed by atoms with E-state index in [9.17, 15) is 0 Å². The average Bonchev–Trinajstić information content (AvgIpc) is 2.80. The summed E-state index contributed by atoms with van der Waals surface area (Å²) in [4.78, 5) is 0. The van der Waals surface area contributed by atoms with Crippen LogP contribution in [0, 0.1) is 5.92 Å². The van der Waals surface area contributed by atoms with Gasteiger partial charge in [-0.05, 0) is 31.6 Å². The highest BCUT2D eigenvalue weighted by molar-refractivity contribution is 4.91. The monoisotopic (exact) mass is 452 g/mol. The Morgan fingerprint density at radius 2 is 0.719 bits per heavy atom. The van der Waals surface area contributed by atoms with Gasteiger partial charge < -0.3 is 5.73 Å². The first-order valence-electron chi connectivity index (χ1n) is 15.4. The topological polar surface area (TPSA) is 26.0 Å². The van der Waals surface area contributed by atoms with Gasteiger partial charge in [0.05, 0.1) is 0 Å². The summed E-state index contributed by atoms with van der Waals surface area (Å²) in [6.07, 6.45) is 34.8. The standard InChI is InChI=1S/C31H65N/c1-5-9-13-14-15-16-17-18-19-20-21-22-23-24-25-27-30(26-10-6-2)31(32,28-11-7-3)29-12-8-4/h30H,5-29,32H2,1-4H3. The molecule has 0 amide bonds. The molecule has 0 saturated carbocycles. The molecule has 32 heavy (non-hydrogen) atoms. The second kappa shape index (κ2) is 24.1. The van der Waals surface area contributed by atoms with Crippen LogP contribution < -0.4 is 5.73 Å². The van der Waals surface area contributed by atoms with E-state index in [0.29, 0.717) is 0 Å². The minimum atomic E-state index is 0.108. The Bertz CT molecular complexity index is 342. The lowest BCUT2D eigenvalue weighted by molar-refractivity contribution is 0.193. The van der Waals surface area contributed by atoms with Gasteiger partial charge in [0, 0.05) is 5.54 Å². The van der Waals surface area contributed by atoms with Crippen molar-refractivity contribution in [1.82, 2.24) is 0 Å². The Morgan fingerprint density at radius 1 is 0.406 bits per heavy atom. The molecule has 0 aliphatic heterocycles. The van der Waals surface area contributed by atoms with Crippen molar-refractivity contribution in [2.45, 2.75) is 194 Å². The van der Waals surface area contributed by atoms with Crippen LogP contribution in [0.4, 0.5) is 0 Å². The summed E-state index contributed by atoms with van der Waals surface area (Å²) >= 11 is 0. The summed E-state index contributed by atoms with van der Waals surface area (Å²) in [6, 6.07) is 0. The van der Waals surface area contributed by atoms with E-state index in [-0.39, 0.29) is 5.54 Å². The molecule has 1 atom stereocenters. The normalized spacial score (nSPS) is 13.0. The maximum absolute atomic E-state index is 7.12. The maximum atomic E-state index is 7.12. The Labute approximate surface area is 205 Å². The minimum Gasteiger partial charge on any atom is -0.325 e. The second-order valence-electron chi connectivity index (χ2n) is 11.0. The van der Waals surface area contributed by atoms with Crippen LogP contribution in [0.2, 0.25) is 0 Å². The van der Waals surface area contributed by atoms with Gasteiger partial charge in [-0.25, -0.2) is 0 Å². The first kappa shape index (κ1) is 32.0. The zero-order valence-electron chi connectivity index (χ0n) is 23.3. The van der Waals surface area contributed by atoms with Gasteiger partial charge >= 0.3 is 0 Å². The fourth-order valence-electron chi connectivity index (χ4n) is 5.48. The molecule has 194 valence electrons. The number of hydrogen-bond acceptors (Lipinski definition) is 1. The minimum absolute atomic E-state index is 0.108. The van der Waals surface area contributed by atoms with Crippen molar-refractivity contribution in [3.63, 3.8) is 0 Å². The number of rotatable bonds is 26. The predicted octanol–water partition coefficient (Wildman–Crippen LogP) is 11.1. The molecule has 0 aromatic carbocycles. The third-order valence-corrected chi connectivity index (χ3v) is 7.87. The average molecular weight is 452 g/mol. The van der Waals surface area contributed by atoms with Gasteiger partial charge in [-0.15, -0.1) is 0 Å². The van der Waals surface area contributed by atoms with Crippen molar-refractivity contribution in [3.8, 4) is 0 Å². The molecule has 0 bridgehead atoms. The quantitative estimate of drug-likeness (QED) is 0.130. The first-order valence-corrected chi connectivity index (χ1v) is 15.4. The van der Waals surface area contributed by atoms with Crippen LogP contribution in [0.1, 0.15) is 188 Å². The Morgan fingerprint density at radius 3 is 1.09 bits per heavy atom. The molecule has 1 unspecified atom stereocenters. The molecule has 0 saturated heterocycles. The van der Waals surface area contributed by atoms with E-state index in [4.69, 9.17) is 5.73 Å². The highest BCUT2D eigenvalue weighted by Crippen LogP contribution is 2.34. The van der Waals surface area contributed by atoms with Crippen LogP contribution in [0.5, 0.6) is 0 Å². The molecule has 2 N–H and O–H groups in total. The van der Waals surface area contributed by atoms with Crippen molar-refractivity contribution >= 4 is 0 Å². The lowest BCUT2D eigenvalue weighted by Crippen LogP contribution is -2.47. The van der Waals surface area contributed by atoms with E-state index >= 15 is 0 Å². The summed E-state index contributed by atoms with van der Waals surface area (Å²) in [5.74, 6) is 0.752. The molecule has 1 heteroatoms. The van der Waals surface area contributed by atoms with E-state index in [1.807, 2.05) is 0 Å². The van der Waals surface area contributed by atoms with Crippen molar-refractivity contribution in [3.05, 3.63) is 0 Å². The van der Waals surface area contributed by atoms with Crippen molar-refractivity contribution in [2.24, 2.45) is 11.7 Å².